The standard InChI is InChI=1S/C24H37N7O/c1-18-4-6-20(7-5-18)15-30-12-10-19(11-13-30)14-26-24(25-2)27-21-8-9-23-28-22(17-32-3)29-31(23)16-21/h4-7,19,21H,8-17H2,1-3H3,(H2,25,26,27). The Morgan fingerprint density at radius 2 is 1.97 bits per heavy atom. The van der Waals surface area contributed by atoms with Crippen LogP contribution in [0.15, 0.2) is 29.3 Å². The normalized spacial score (nSPS) is 20.2. The van der Waals surface area contributed by atoms with Crippen molar-refractivity contribution in [2.75, 3.05) is 33.8 Å². The van der Waals surface area contributed by atoms with Crippen molar-refractivity contribution in [2.45, 2.75) is 58.3 Å². The average molecular weight is 440 g/mol. The van der Waals surface area contributed by atoms with E-state index >= 15 is 0 Å². The molecule has 1 saturated heterocycles. The molecule has 8 nitrogen and oxygen atoms in total. The molecule has 174 valence electrons. The first-order chi connectivity index (χ1) is 15.6. The van der Waals surface area contributed by atoms with Gasteiger partial charge in [0, 0.05) is 39.7 Å². The molecule has 1 fully saturated rings. The first kappa shape index (κ1) is 22.7. The third-order valence-electron chi connectivity index (χ3n) is 6.53. The maximum atomic E-state index is 5.16. The van der Waals surface area contributed by atoms with Crippen molar-refractivity contribution in [3.63, 3.8) is 0 Å². The van der Waals surface area contributed by atoms with Gasteiger partial charge in [0.1, 0.15) is 12.4 Å². The van der Waals surface area contributed by atoms with Gasteiger partial charge in [-0.3, -0.25) is 9.89 Å². The van der Waals surface area contributed by atoms with Crippen LogP contribution < -0.4 is 10.6 Å². The number of aliphatic imine (C=N–C) groups is 1. The van der Waals surface area contributed by atoms with Gasteiger partial charge in [0.25, 0.3) is 0 Å². The Hall–Kier alpha value is -2.45. The number of guanidine groups is 1. The maximum Gasteiger partial charge on any atom is 0.191 e. The summed E-state index contributed by atoms with van der Waals surface area (Å²) in [6.07, 6.45) is 4.40. The van der Waals surface area contributed by atoms with Crippen LogP contribution in [0.2, 0.25) is 0 Å². The Kier molecular flexibility index (Phi) is 7.76. The largest absolute Gasteiger partial charge is 0.377 e. The summed E-state index contributed by atoms with van der Waals surface area (Å²) in [4.78, 5) is 11.6. The zero-order chi connectivity index (χ0) is 22.3. The lowest BCUT2D eigenvalue weighted by Crippen LogP contribution is -2.48. The smallest absolute Gasteiger partial charge is 0.191 e. The Bertz CT molecular complexity index is 884. The third kappa shape index (κ3) is 6.07. The Balaban J connectivity index is 1.18. The van der Waals surface area contributed by atoms with Crippen molar-refractivity contribution in [3.05, 3.63) is 47.0 Å². The highest BCUT2D eigenvalue weighted by Gasteiger charge is 2.23. The number of rotatable bonds is 7. The second-order valence-corrected chi connectivity index (χ2v) is 9.10. The Morgan fingerprint density at radius 3 is 2.69 bits per heavy atom. The summed E-state index contributed by atoms with van der Waals surface area (Å²) in [5, 5.41) is 11.7. The molecule has 1 unspecified atom stereocenters. The van der Waals surface area contributed by atoms with Crippen molar-refractivity contribution in [1.29, 1.82) is 0 Å². The second-order valence-electron chi connectivity index (χ2n) is 9.10. The molecule has 2 N–H and O–H groups in total. The number of methoxy groups -OCH3 is 1. The van der Waals surface area contributed by atoms with E-state index < -0.39 is 0 Å². The van der Waals surface area contributed by atoms with Gasteiger partial charge >= 0.3 is 0 Å². The van der Waals surface area contributed by atoms with Gasteiger partial charge in [0.05, 0.1) is 6.54 Å². The number of nitrogens with zero attached hydrogens (tertiary/aromatic N) is 5. The molecule has 1 aromatic heterocycles. The molecule has 2 aliphatic rings. The van der Waals surface area contributed by atoms with E-state index in [1.165, 1.54) is 24.0 Å². The van der Waals surface area contributed by atoms with E-state index in [2.05, 4.69) is 61.8 Å². The minimum atomic E-state index is 0.308. The van der Waals surface area contributed by atoms with Crippen LogP contribution in [0, 0.1) is 12.8 Å². The molecule has 0 saturated carbocycles. The molecule has 4 rings (SSSR count). The summed E-state index contributed by atoms with van der Waals surface area (Å²) in [6.45, 7) is 7.76. The fourth-order valence-corrected chi connectivity index (χ4v) is 4.60. The van der Waals surface area contributed by atoms with Crippen molar-refractivity contribution < 1.29 is 4.74 Å². The highest BCUT2D eigenvalue weighted by atomic mass is 16.5. The van der Waals surface area contributed by atoms with Crippen molar-refractivity contribution in [2.24, 2.45) is 10.9 Å². The van der Waals surface area contributed by atoms with Crippen LogP contribution in [0.5, 0.6) is 0 Å². The molecule has 8 heteroatoms. The van der Waals surface area contributed by atoms with Crippen molar-refractivity contribution >= 4 is 5.96 Å². The zero-order valence-electron chi connectivity index (χ0n) is 19.7. The van der Waals surface area contributed by atoms with Crippen molar-refractivity contribution in [1.82, 2.24) is 30.3 Å². The van der Waals surface area contributed by atoms with Crippen LogP contribution in [0.25, 0.3) is 0 Å². The number of ether oxygens (including phenoxy) is 1. The van der Waals surface area contributed by atoms with Gasteiger partial charge in [0.2, 0.25) is 0 Å². The molecule has 32 heavy (non-hydrogen) atoms. The quantitative estimate of drug-likeness (QED) is 0.508. The topological polar surface area (TPSA) is 79.6 Å². The van der Waals surface area contributed by atoms with E-state index in [0.29, 0.717) is 18.6 Å². The van der Waals surface area contributed by atoms with Crippen LogP contribution in [-0.4, -0.2) is 65.5 Å². The number of hydrogen-bond acceptors (Lipinski definition) is 5. The molecule has 0 bridgehead atoms. The van der Waals surface area contributed by atoms with Gasteiger partial charge in [-0.2, -0.15) is 5.10 Å². The van der Waals surface area contributed by atoms with E-state index in [1.807, 2.05) is 11.7 Å². The third-order valence-corrected chi connectivity index (χ3v) is 6.53. The Labute approximate surface area is 191 Å². The number of fused-ring (bicyclic) bond motifs is 1. The van der Waals surface area contributed by atoms with Crippen LogP contribution in [0.1, 0.15) is 42.0 Å². The highest BCUT2D eigenvalue weighted by molar-refractivity contribution is 5.79. The van der Waals surface area contributed by atoms with Crippen LogP contribution in [0.3, 0.4) is 0 Å². The maximum absolute atomic E-state index is 5.16. The fourth-order valence-electron chi connectivity index (χ4n) is 4.60. The molecule has 2 aliphatic heterocycles. The molecule has 0 aliphatic carbocycles. The van der Waals surface area contributed by atoms with Gasteiger partial charge in [-0.15, -0.1) is 0 Å². The van der Waals surface area contributed by atoms with Gasteiger partial charge < -0.3 is 15.4 Å². The van der Waals surface area contributed by atoms with Crippen LogP contribution in [0.4, 0.5) is 0 Å². The molecule has 3 heterocycles. The summed E-state index contributed by atoms with van der Waals surface area (Å²) >= 11 is 0. The first-order valence-corrected chi connectivity index (χ1v) is 11.8. The predicted molar refractivity (Wildman–Crippen MR) is 127 cm³/mol. The molecular weight excluding hydrogens is 402 g/mol. The molecule has 2 aromatic rings. The number of hydrogen-bond donors (Lipinski definition) is 2. The summed E-state index contributed by atoms with van der Waals surface area (Å²) in [5.74, 6) is 3.39. The fraction of sp³-hybridized carbons (Fsp3) is 0.625. The number of likely N-dealkylation sites (tertiary alicyclic amines) is 1. The summed E-state index contributed by atoms with van der Waals surface area (Å²) < 4.78 is 7.16. The first-order valence-electron chi connectivity index (χ1n) is 11.8. The van der Waals surface area contributed by atoms with Gasteiger partial charge in [-0.25, -0.2) is 9.67 Å². The number of benzene rings is 1. The van der Waals surface area contributed by atoms with Gasteiger partial charge in [0.15, 0.2) is 11.8 Å². The monoisotopic (exact) mass is 439 g/mol. The predicted octanol–water partition coefficient (Wildman–Crippen LogP) is 2.12. The molecule has 0 radical (unpaired) electrons. The number of piperidine rings is 1. The molecule has 0 amide bonds. The Morgan fingerprint density at radius 1 is 1.19 bits per heavy atom. The van der Waals surface area contributed by atoms with Gasteiger partial charge in [-0.1, -0.05) is 29.8 Å². The van der Waals surface area contributed by atoms with Crippen molar-refractivity contribution in [3.8, 4) is 0 Å². The summed E-state index contributed by atoms with van der Waals surface area (Å²) in [7, 11) is 3.52. The minimum absolute atomic E-state index is 0.308. The molecule has 1 atom stereocenters. The van der Waals surface area contributed by atoms with E-state index in [-0.39, 0.29) is 0 Å². The van der Waals surface area contributed by atoms with Crippen LogP contribution >= 0.6 is 0 Å². The second kappa shape index (κ2) is 10.9. The minimum Gasteiger partial charge on any atom is -0.377 e. The lowest BCUT2D eigenvalue weighted by molar-refractivity contribution is 0.177. The van der Waals surface area contributed by atoms with Gasteiger partial charge in [-0.05, 0) is 50.8 Å². The molecule has 0 spiro atoms. The summed E-state index contributed by atoms with van der Waals surface area (Å²) in [6, 6.07) is 9.23. The lowest BCUT2D eigenvalue weighted by Gasteiger charge is -2.32. The van der Waals surface area contributed by atoms with E-state index in [1.54, 1.807) is 7.11 Å². The SMILES string of the molecule is CN=C(NCC1CCN(Cc2ccc(C)cc2)CC1)NC1CCc2nc(COC)nn2C1. The average Bonchev–Trinajstić information content (AvgIpc) is 3.21. The number of nitrogens with one attached hydrogen (secondary N) is 2. The number of aromatic nitrogens is 3. The molecular formula is C24H37N7O. The van der Waals surface area contributed by atoms with E-state index in [9.17, 15) is 0 Å². The summed E-state index contributed by atoms with van der Waals surface area (Å²) in [5.41, 5.74) is 2.74. The number of aryl methyl sites for hydroxylation is 2. The van der Waals surface area contributed by atoms with E-state index in [4.69, 9.17) is 4.74 Å². The molecule has 1 aromatic carbocycles. The van der Waals surface area contributed by atoms with E-state index in [0.717, 1.165) is 63.2 Å². The zero-order valence-corrected chi connectivity index (χ0v) is 19.7. The van der Waals surface area contributed by atoms with Crippen LogP contribution in [-0.2, 0) is 30.9 Å². The lowest BCUT2D eigenvalue weighted by atomic mass is 9.96. The highest BCUT2D eigenvalue weighted by Crippen LogP contribution is 2.19.